The van der Waals surface area contributed by atoms with Crippen molar-refractivity contribution >= 4 is 16.7 Å². The largest absolute Gasteiger partial charge is 0.508 e. The number of hydrogen-bond acceptors (Lipinski definition) is 3. The van der Waals surface area contributed by atoms with Gasteiger partial charge in [0.2, 0.25) is 0 Å². The summed E-state index contributed by atoms with van der Waals surface area (Å²) in [7, 11) is 1.36. The highest BCUT2D eigenvalue weighted by atomic mass is 16.5. The zero-order valence-corrected chi connectivity index (χ0v) is 9.64. The molecule has 1 N–H and O–H groups in total. The molecule has 0 atom stereocenters. The van der Waals surface area contributed by atoms with E-state index >= 15 is 0 Å². The first-order valence-corrected chi connectivity index (χ1v) is 5.48. The van der Waals surface area contributed by atoms with Crippen LogP contribution in [0.25, 0.3) is 10.8 Å². The molecule has 0 aromatic heterocycles. The molecule has 0 aliphatic heterocycles. The van der Waals surface area contributed by atoms with Gasteiger partial charge in [-0.2, -0.15) is 0 Å². The summed E-state index contributed by atoms with van der Waals surface area (Å²) in [4.78, 5) is 11.1. The van der Waals surface area contributed by atoms with Crippen LogP contribution in [0, 0.1) is 0 Å². The molecule has 0 unspecified atom stereocenters. The molecule has 0 heterocycles. The molecule has 3 heteroatoms. The summed E-state index contributed by atoms with van der Waals surface area (Å²) in [5.74, 6) is -0.0369. The van der Waals surface area contributed by atoms with Gasteiger partial charge in [-0.3, -0.25) is 4.79 Å². The molecule has 0 spiro atoms. The molecule has 3 nitrogen and oxygen atoms in total. The lowest BCUT2D eigenvalue weighted by Gasteiger charge is -2.06. The fourth-order valence-electron chi connectivity index (χ4n) is 1.81. The first-order chi connectivity index (χ1) is 8.20. The van der Waals surface area contributed by atoms with Crippen molar-refractivity contribution in [2.75, 3.05) is 7.11 Å². The molecule has 0 radical (unpaired) electrons. The van der Waals surface area contributed by atoms with Crippen molar-refractivity contribution in [3.63, 3.8) is 0 Å². The van der Waals surface area contributed by atoms with Gasteiger partial charge in [-0.25, -0.2) is 0 Å². The van der Waals surface area contributed by atoms with Crippen LogP contribution >= 0.6 is 0 Å². The number of carbonyl (C=O) groups excluding carboxylic acids is 1. The monoisotopic (exact) mass is 230 g/mol. The van der Waals surface area contributed by atoms with Crippen molar-refractivity contribution in [1.29, 1.82) is 0 Å². The van der Waals surface area contributed by atoms with Gasteiger partial charge in [0.05, 0.1) is 7.11 Å². The molecule has 2 aromatic rings. The molecule has 0 aliphatic carbocycles. The van der Waals surface area contributed by atoms with Crippen LogP contribution in [0.3, 0.4) is 0 Å². The Hall–Kier alpha value is -2.03. The molecule has 0 saturated heterocycles. The third-order valence-corrected chi connectivity index (χ3v) is 2.77. The number of fused-ring (bicyclic) bond motifs is 1. The number of benzene rings is 2. The number of phenolic OH excluding ortho intramolecular Hbond substituents is 1. The van der Waals surface area contributed by atoms with Gasteiger partial charge in [-0.1, -0.05) is 24.3 Å². The fraction of sp³-hybridized carbons (Fsp3) is 0.214. The summed E-state index contributed by atoms with van der Waals surface area (Å²) >= 11 is 0. The Morgan fingerprint density at radius 3 is 2.53 bits per heavy atom. The smallest absolute Gasteiger partial charge is 0.305 e. The van der Waals surface area contributed by atoms with Gasteiger partial charge in [-0.05, 0) is 34.9 Å². The first kappa shape index (κ1) is 11.5. The van der Waals surface area contributed by atoms with Crippen molar-refractivity contribution < 1.29 is 14.6 Å². The summed E-state index contributed by atoms with van der Waals surface area (Å²) in [5.41, 5.74) is 0.772. The Morgan fingerprint density at radius 2 is 1.88 bits per heavy atom. The van der Waals surface area contributed by atoms with Crippen molar-refractivity contribution in [3.8, 4) is 5.75 Å². The Bertz CT molecular complexity index is 546. The lowest BCUT2D eigenvalue weighted by molar-refractivity contribution is -0.140. The van der Waals surface area contributed by atoms with Crippen molar-refractivity contribution in [2.24, 2.45) is 0 Å². The van der Waals surface area contributed by atoms with Gasteiger partial charge in [-0.15, -0.1) is 0 Å². The average Bonchev–Trinajstić information content (AvgIpc) is 2.35. The van der Waals surface area contributed by atoms with Crippen LogP contribution in [0.15, 0.2) is 36.4 Å². The predicted molar refractivity (Wildman–Crippen MR) is 65.9 cm³/mol. The number of carbonyl (C=O) groups is 1. The van der Waals surface area contributed by atoms with Crippen LogP contribution < -0.4 is 0 Å². The molecule has 0 aliphatic rings. The number of aryl methyl sites for hydroxylation is 1. The number of hydrogen-bond donors (Lipinski definition) is 1. The Morgan fingerprint density at radius 1 is 1.24 bits per heavy atom. The summed E-state index contributed by atoms with van der Waals surface area (Å²) in [6, 6.07) is 11.4. The Kier molecular flexibility index (Phi) is 3.28. The third kappa shape index (κ3) is 2.56. The fourth-order valence-corrected chi connectivity index (χ4v) is 1.81. The highest BCUT2D eigenvalue weighted by molar-refractivity contribution is 5.85. The van der Waals surface area contributed by atoms with Crippen molar-refractivity contribution in [3.05, 3.63) is 42.0 Å². The number of aromatic hydroxyl groups is 1. The summed E-state index contributed by atoms with van der Waals surface area (Å²) in [6.07, 6.45) is 0.770. The van der Waals surface area contributed by atoms with Gasteiger partial charge in [0.25, 0.3) is 0 Å². The molecule has 0 bridgehead atoms. The number of esters is 1. The van der Waals surface area contributed by atoms with E-state index in [2.05, 4.69) is 4.74 Å². The minimum atomic E-state index is -0.266. The van der Waals surface area contributed by atoms with Gasteiger partial charge >= 0.3 is 5.97 Å². The van der Waals surface area contributed by atoms with Crippen LogP contribution in [0.2, 0.25) is 0 Å². The summed E-state index contributed by atoms with van der Waals surface area (Å²) < 4.78 is 4.58. The highest BCUT2D eigenvalue weighted by Gasteiger charge is 2.07. The topological polar surface area (TPSA) is 46.5 Å². The minimum absolute atomic E-state index is 0.229. The molecule has 2 rings (SSSR count). The van der Waals surface area contributed by atoms with Crippen LogP contribution in [0.4, 0.5) is 0 Å². The Balaban J connectivity index is 2.28. The van der Waals surface area contributed by atoms with E-state index in [0.717, 1.165) is 16.3 Å². The lowest BCUT2D eigenvalue weighted by atomic mass is 10.0. The maximum Gasteiger partial charge on any atom is 0.305 e. The van der Waals surface area contributed by atoms with E-state index in [9.17, 15) is 9.90 Å². The number of methoxy groups -OCH3 is 1. The van der Waals surface area contributed by atoms with Gasteiger partial charge < -0.3 is 9.84 Å². The number of phenols is 1. The second-order valence-electron chi connectivity index (χ2n) is 3.90. The van der Waals surface area contributed by atoms with E-state index in [0.29, 0.717) is 6.42 Å². The van der Waals surface area contributed by atoms with E-state index in [-0.39, 0.29) is 18.1 Å². The lowest BCUT2D eigenvalue weighted by Crippen LogP contribution is -2.02. The van der Waals surface area contributed by atoms with E-state index in [1.54, 1.807) is 6.07 Å². The molecule has 0 saturated carbocycles. The minimum Gasteiger partial charge on any atom is -0.508 e. The molecule has 2 aromatic carbocycles. The van der Waals surface area contributed by atoms with Crippen LogP contribution in [0.1, 0.15) is 12.0 Å². The standard InChI is InChI=1S/C14H14O3/c1-17-14(16)7-6-12-8-10-4-2-3-5-11(10)9-13(12)15/h2-5,8-9,15H,6-7H2,1H3. The maximum absolute atomic E-state index is 11.1. The zero-order valence-electron chi connectivity index (χ0n) is 9.64. The van der Waals surface area contributed by atoms with E-state index in [4.69, 9.17) is 0 Å². The third-order valence-electron chi connectivity index (χ3n) is 2.77. The van der Waals surface area contributed by atoms with E-state index < -0.39 is 0 Å². The molecule has 88 valence electrons. The normalized spacial score (nSPS) is 10.4. The van der Waals surface area contributed by atoms with E-state index in [1.807, 2.05) is 30.3 Å². The second kappa shape index (κ2) is 4.87. The van der Waals surface area contributed by atoms with E-state index in [1.165, 1.54) is 7.11 Å². The number of ether oxygens (including phenoxy) is 1. The van der Waals surface area contributed by atoms with Gasteiger partial charge in [0, 0.05) is 6.42 Å². The van der Waals surface area contributed by atoms with Crippen molar-refractivity contribution in [2.45, 2.75) is 12.8 Å². The van der Waals surface area contributed by atoms with Crippen LogP contribution in [0.5, 0.6) is 5.75 Å². The van der Waals surface area contributed by atoms with Crippen LogP contribution in [-0.2, 0) is 16.0 Å². The Labute approximate surface area is 99.6 Å². The molecule has 0 amide bonds. The first-order valence-electron chi connectivity index (χ1n) is 5.48. The number of rotatable bonds is 3. The molecular weight excluding hydrogens is 216 g/mol. The molecule has 17 heavy (non-hydrogen) atoms. The molecule has 0 fully saturated rings. The van der Waals surface area contributed by atoms with Gasteiger partial charge in [0.1, 0.15) is 5.75 Å². The summed E-state index contributed by atoms with van der Waals surface area (Å²) in [5, 5.41) is 11.9. The van der Waals surface area contributed by atoms with Crippen LogP contribution in [-0.4, -0.2) is 18.2 Å². The van der Waals surface area contributed by atoms with Gasteiger partial charge in [0.15, 0.2) is 0 Å². The average molecular weight is 230 g/mol. The summed E-state index contributed by atoms with van der Waals surface area (Å²) in [6.45, 7) is 0. The SMILES string of the molecule is COC(=O)CCc1cc2ccccc2cc1O. The predicted octanol–water partition coefficient (Wildman–Crippen LogP) is 2.65. The van der Waals surface area contributed by atoms with Crippen molar-refractivity contribution in [1.82, 2.24) is 0 Å². The zero-order chi connectivity index (χ0) is 12.3. The highest BCUT2D eigenvalue weighted by Crippen LogP contribution is 2.25. The quantitative estimate of drug-likeness (QED) is 0.824. The maximum atomic E-state index is 11.1. The molecular formula is C14H14O3. The second-order valence-corrected chi connectivity index (χ2v) is 3.90.